The number of imide groups is 1. The van der Waals surface area contributed by atoms with Crippen molar-refractivity contribution in [1.29, 1.82) is 0 Å². The van der Waals surface area contributed by atoms with Crippen LogP contribution >= 0.6 is 0 Å². The number of benzene rings is 2. The minimum Gasteiger partial charge on any atom is -0.391 e. The number of β-amino-alcohol motifs (C(OH)–C–C–N with tert-alkyl or cyclic N) is 1. The number of carbonyl (C=O) groups excluding carboxylic acids is 2. The van der Waals surface area contributed by atoms with Crippen molar-refractivity contribution < 1.29 is 14.7 Å². The normalized spacial score (nSPS) is 19.5. The van der Waals surface area contributed by atoms with Gasteiger partial charge in [0.2, 0.25) is 6.41 Å². The lowest BCUT2D eigenvalue weighted by Gasteiger charge is -2.27. The van der Waals surface area contributed by atoms with Crippen molar-refractivity contribution >= 4 is 24.0 Å². The quantitative estimate of drug-likeness (QED) is 0.500. The average molecular weight is 434 g/mol. The molecule has 2 aromatic rings. The Kier molecular flexibility index (Phi) is 7.47. The predicted octanol–water partition coefficient (Wildman–Crippen LogP) is 1.48. The van der Waals surface area contributed by atoms with Crippen LogP contribution in [-0.2, 0) is 4.79 Å². The Morgan fingerprint density at radius 1 is 1.25 bits per heavy atom. The van der Waals surface area contributed by atoms with Gasteiger partial charge in [0, 0.05) is 37.0 Å². The molecule has 0 aliphatic carbocycles. The second-order valence-electron chi connectivity index (χ2n) is 7.62. The largest absolute Gasteiger partial charge is 0.391 e. The van der Waals surface area contributed by atoms with Crippen LogP contribution in [0.4, 0.5) is 10.5 Å². The molecule has 0 saturated carbocycles. The van der Waals surface area contributed by atoms with Gasteiger partial charge in [-0.2, -0.15) is 0 Å². The first kappa shape index (κ1) is 22.8. The van der Waals surface area contributed by atoms with Gasteiger partial charge < -0.3 is 20.6 Å². The number of hydrogen-bond donors (Lipinski definition) is 3. The van der Waals surface area contributed by atoms with E-state index in [1.807, 2.05) is 24.3 Å². The lowest BCUT2D eigenvalue weighted by molar-refractivity contribution is -0.108. The molecule has 32 heavy (non-hydrogen) atoms. The third-order valence-electron chi connectivity index (χ3n) is 5.46. The van der Waals surface area contributed by atoms with Crippen molar-refractivity contribution in [2.24, 2.45) is 10.7 Å². The van der Waals surface area contributed by atoms with E-state index in [4.69, 9.17) is 6.42 Å². The molecule has 2 heterocycles. The van der Waals surface area contributed by atoms with Gasteiger partial charge in [0.25, 0.3) is 0 Å². The third-order valence-corrected chi connectivity index (χ3v) is 5.46. The zero-order valence-corrected chi connectivity index (χ0v) is 17.9. The lowest BCUT2D eigenvalue weighted by atomic mass is 10.0. The summed E-state index contributed by atoms with van der Waals surface area (Å²) in [5.74, 6) is 3.71. The molecule has 0 radical (unpaired) electrons. The first-order valence-electron chi connectivity index (χ1n) is 10.3. The van der Waals surface area contributed by atoms with Crippen molar-refractivity contribution in [2.75, 3.05) is 31.6 Å². The van der Waals surface area contributed by atoms with Crippen LogP contribution in [0.3, 0.4) is 0 Å². The van der Waals surface area contributed by atoms with Crippen molar-refractivity contribution in [1.82, 2.24) is 10.2 Å². The molecule has 1 saturated heterocycles. The fraction of sp³-hybridized carbons (Fsp3) is 0.292. The first-order chi connectivity index (χ1) is 15.4. The average Bonchev–Trinajstić information content (AvgIpc) is 3.40. The highest BCUT2D eigenvalue weighted by Crippen LogP contribution is 2.36. The Morgan fingerprint density at radius 3 is 2.44 bits per heavy atom. The minimum atomic E-state index is -0.829. The maximum atomic E-state index is 10.3. The molecule has 1 fully saturated rings. The highest BCUT2D eigenvalue weighted by Gasteiger charge is 2.32. The molecule has 8 nitrogen and oxygen atoms in total. The van der Waals surface area contributed by atoms with Gasteiger partial charge in [-0.15, -0.1) is 6.42 Å². The summed E-state index contributed by atoms with van der Waals surface area (Å²) < 4.78 is 0. The van der Waals surface area contributed by atoms with Crippen LogP contribution in [-0.4, -0.2) is 61.1 Å². The van der Waals surface area contributed by atoms with Gasteiger partial charge in [-0.3, -0.25) is 15.1 Å². The zero-order chi connectivity index (χ0) is 23.1. The maximum absolute atomic E-state index is 10.3. The van der Waals surface area contributed by atoms with Crippen molar-refractivity contribution in [2.45, 2.75) is 18.6 Å². The second kappa shape index (κ2) is 10.5. The Balaban J connectivity index is 0.000000427. The molecule has 8 heteroatoms. The number of primary amides is 1. The van der Waals surface area contributed by atoms with Crippen LogP contribution in [0.2, 0.25) is 0 Å². The maximum Gasteiger partial charge on any atom is 0.318 e. The molecule has 0 spiro atoms. The van der Waals surface area contributed by atoms with Crippen LogP contribution in [0.5, 0.6) is 0 Å². The number of amidine groups is 1. The zero-order valence-electron chi connectivity index (χ0n) is 17.9. The number of nitrogens with one attached hydrogen (secondary N) is 1. The van der Waals surface area contributed by atoms with E-state index in [0.717, 1.165) is 42.2 Å². The van der Waals surface area contributed by atoms with Gasteiger partial charge in [-0.1, -0.05) is 30.2 Å². The van der Waals surface area contributed by atoms with Crippen LogP contribution in [0.25, 0.3) is 0 Å². The monoisotopic (exact) mass is 433 g/mol. The molecule has 0 unspecified atom stereocenters. The number of amides is 3. The summed E-state index contributed by atoms with van der Waals surface area (Å²) in [6.45, 7) is 2.48. The predicted molar refractivity (Wildman–Crippen MR) is 124 cm³/mol. The Labute approximate surface area is 187 Å². The van der Waals surface area contributed by atoms with E-state index in [0.29, 0.717) is 6.54 Å². The van der Waals surface area contributed by atoms with Gasteiger partial charge in [0.1, 0.15) is 5.84 Å². The number of hydrogen-bond acceptors (Lipinski definition) is 6. The molecule has 4 N–H and O–H groups in total. The number of terminal acetylenes is 1. The summed E-state index contributed by atoms with van der Waals surface area (Å²) in [5.41, 5.74) is 8.75. The van der Waals surface area contributed by atoms with Crippen molar-refractivity contribution in [3.05, 3.63) is 65.2 Å². The van der Waals surface area contributed by atoms with Crippen LogP contribution in [0.1, 0.15) is 29.2 Å². The van der Waals surface area contributed by atoms with Crippen molar-refractivity contribution in [3.63, 3.8) is 0 Å². The third kappa shape index (κ3) is 5.45. The van der Waals surface area contributed by atoms with Gasteiger partial charge in [0.15, 0.2) is 0 Å². The van der Waals surface area contributed by atoms with Crippen LogP contribution in [0.15, 0.2) is 53.5 Å². The van der Waals surface area contributed by atoms with E-state index < -0.39 is 6.03 Å². The Hall–Kier alpha value is -3.83. The number of aliphatic hydroxyl groups excluding tert-OH is 1. The standard InChI is InChI=1S/C22H23N3O.C2H4N2O2/c1-3-16-4-10-19(11-5-16)25-15-20(26)14-21(25)17-6-8-18(9-7-17)22-23-12-13-24(22)2;3-2(6)4-1-5/h1,4-11,20-21,26H,12-15H2,2H3;1H,(H3,3,4,5,6)/t20-,21-;/m1./s1. The topological polar surface area (TPSA) is 111 Å². The van der Waals surface area contributed by atoms with Gasteiger partial charge >= 0.3 is 6.03 Å². The SMILES string of the molecule is C#Cc1ccc(N2C[C@H](O)C[C@@H]2c2ccc(C3=NCCN3C)cc2)cc1.NC(=O)NC=O. The number of urea groups is 1. The second-order valence-corrected chi connectivity index (χ2v) is 7.62. The van der Waals surface area contributed by atoms with Crippen LogP contribution in [0, 0.1) is 12.3 Å². The van der Waals surface area contributed by atoms with Gasteiger partial charge in [-0.25, -0.2) is 4.79 Å². The van der Waals surface area contributed by atoms with Crippen LogP contribution < -0.4 is 16.0 Å². The summed E-state index contributed by atoms with van der Waals surface area (Å²) in [4.78, 5) is 27.7. The fourth-order valence-electron chi connectivity index (χ4n) is 3.92. The number of aliphatic imine (C=N–C) groups is 1. The van der Waals surface area contributed by atoms with Crippen molar-refractivity contribution in [3.8, 4) is 12.3 Å². The summed E-state index contributed by atoms with van der Waals surface area (Å²) in [6.07, 6.45) is 6.09. The summed E-state index contributed by atoms with van der Waals surface area (Å²) >= 11 is 0. The highest BCUT2D eigenvalue weighted by molar-refractivity contribution is 5.99. The van der Waals surface area contributed by atoms with E-state index in [-0.39, 0.29) is 18.6 Å². The molecule has 0 bridgehead atoms. The van der Waals surface area contributed by atoms with Gasteiger partial charge in [0.05, 0.1) is 18.7 Å². The number of likely N-dealkylation sites (N-methyl/N-ethyl adjacent to an activating group) is 1. The number of rotatable bonds is 4. The number of carbonyl (C=O) groups is 2. The first-order valence-corrected chi connectivity index (χ1v) is 10.3. The molecule has 2 atom stereocenters. The molecule has 3 amide bonds. The van der Waals surface area contributed by atoms with E-state index in [1.165, 1.54) is 5.56 Å². The molecule has 2 aromatic carbocycles. The molecule has 2 aliphatic rings. The van der Waals surface area contributed by atoms with E-state index in [9.17, 15) is 14.7 Å². The van der Waals surface area contributed by atoms with E-state index >= 15 is 0 Å². The fourth-order valence-corrected chi connectivity index (χ4v) is 3.92. The Bertz CT molecular complexity index is 1010. The number of nitrogens with zero attached hydrogens (tertiary/aromatic N) is 3. The van der Waals surface area contributed by atoms with Gasteiger partial charge in [-0.05, 0) is 36.2 Å². The summed E-state index contributed by atoms with van der Waals surface area (Å²) in [5, 5.41) is 11.9. The molecule has 4 rings (SSSR count). The molecule has 166 valence electrons. The van der Waals surface area contributed by atoms with E-state index in [2.05, 4.69) is 57.8 Å². The minimum absolute atomic E-state index is 0.166. The van der Waals surface area contributed by atoms with E-state index in [1.54, 1.807) is 5.32 Å². The Morgan fingerprint density at radius 2 is 1.94 bits per heavy atom. The number of nitrogens with two attached hydrogens (primary N) is 1. The summed E-state index contributed by atoms with van der Waals surface area (Å²) in [7, 11) is 2.08. The molecular weight excluding hydrogens is 406 g/mol. The summed E-state index contributed by atoms with van der Waals surface area (Å²) in [6, 6.07) is 15.9. The lowest BCUT2D eigenvalue weighted by Crippen LogP contribution is -2.27. The number of anilines is 1. The smallest absolute Gasteiger partial charge is 0.318 e. The molecular formula is C24H27N5O3. The number of aliphatic hydroxyl groups is 1. The highest BCUT2D eigenvalue weighted by atomic mass is 16.3. The molecule has 2 aliphatic heterocycles. The molecule has 0 aromatic heterocycles.